The molecule has 1 N–H and O–H groups in total. The Morgan fingerprint density at radius 2 is 1.48 bits per heavy atom. The minimum atomic E-state index is -0.716. The summed E-state index contributed by atoms with van der Waals surface area (Å²) in [6.07, 6.45) is 10.3. The fourth-order valence-electron chi connectivity index (χ4n) is 2.80. The Labute approximate surface area is 190 Å². The van der Waals surface area contributed by atoms with Gasteiger partial charge in [-0.05, 0) is 53.3 Å². The van der Waals surface area contributed by atoms with E-state index in [0.29, 0.717) is 18.4 Å². The summed E-state index contributed by atoms with van der Waals surface area (Å²) in [6.45, 7) is 7.35. The number of hydrogen-bond donors (Lipinski definition) is 1. The van der Waals surface area contributed by atoms with E-state index in [-0.39, 0.29) is 11.4 Å². The molecule has 2 rings (SSSR count). The predicted octanol–water partition coefficient (Wildman–Crippen LogP) is 5.72. The highest BCUT2D eigenvalue weighted by atomic mass is 16.6. The molecule has 0 heterocycles. The number of hydrogen-bond acceptors (Lipinski definition) is 7. The number of hydrazone groups is 1. The molecule has 0 atom stereocenters. The lowest BCUT2D eigenvalue weighted by atomic mass is 10.0. The number of nitro groups is 2. The summed E-state index contributed by atoms with van der Waals surface area (Å²) in [6, 6.07) is 10.8. The molecule has 0 bridgehead atoms. The molecule has 0 saturated carbocycles. The van der Waals surface area contributed by atoms with E-state index in [1.54, 1.807) is 18.2 Å². The molecule has 0 aliphatic rings. The van der Waals surface area contributed by atoms with Crippen LogP contribution in [0.4, 0.5) is 17.1 Å². The maximum Gasteiger partial charge on any atom is 0.301 e. The van der Waals surface area contributed by atoms with Gasteiger partial charge in [0.2, 0.25) is 0 Å². The van der Waals surface area contributed by atoms with E-state index in [4.69, 9.17) is 0 Å². The molecule has 0 amide bonds. The van der Waals surface area contributed by atoms with Crippen molar-refractivity contribution in [2.45, 2.75) is 12.8 Å². The second-order valence-electron chi connectivity index (χ2n) is 6.79. The lowest BCUT2D eigenvalue weighted by Crippen LogP contribution is -1.99. The molecule has 0 spiro atoms. The molecule has 0 fully saturated rings. The number of aldehydes is 1. The molecule has 0 aliphatic carbocycles. The lowest BCUT2D eigenvalue weighted by Gasteiger charge is -2.03. The van der Waals surface area contributed by atoms with Crippen LogP contribution in [0, 0.1) is 20.2 Å². The highest BCUT2D eigenvalue weighted by Crippen LogP contribution is 2.28. The van der Waals surface area contributed by atoms with Crippen molar-refractivity contribution >= 4 is 41.7 Å². The summed E-state index contributed by atoms with van der Waals surface area (Å²) in [4.78, 5) is 31.7. The minimum absolute atomic E-state index is 0.0291. The SMILES string of the molecule is C=CCC(C=O)=Cc1ccc(C=C(C=NNc2ccc([N+](=O)[O-])cc2[N+](=O)[O-])CC=C)cc1. The van der Waals surface area contributed by atoms with Gasteiger partial charge in [0.1, 0.15) is 12.0 Å². The van der Waals surface area contributed by atoms with Crippen molar-refractivity contribution < 1.29 is 14.6 Å². The lowest BCUT2D eigenvalue weighted by molar-refractivity contribution is -0.393. The van der Waals surface area contributed by atoms with E-state index >= 15 is 0 Å². The van der Waals surface area contributed by atoms with Crippen LogP contribution >= 0.6 is 0 Å². The summed E-state index contributed by atoms with van der Waals surface area (Å²) in [5.74, 6) is 0. The first-order chi connectivity index (χ1) is 15.9. The van der Waals surface area contributed by atoms with Crippen molar-refractivity contribution in [1.29, 1.82) is 0 Å². The van der Waals surface area contributed by atoms with Crippen LogP contribution in [-0.2, 0) is 4.79 Å². The number of allylic oxidation sites excluding steroid dienone is 4. The van der Waals surface area contributed by atoms with Gasteiger partial charge in [0.25, 0.3) is 5.69 Å². The molecule has 0 radical (unpaired) electrons. The second-order valence-corrected chi connectivity index (χ2v) is 6.79. The third-order valence-corrected chi connectivity index (χ3v) is 4.36. The van der Waals surface area contributed by atoms with Gasteiger partial charge in [0.15, 0.2) is 0 Å². The van der Waals surface area contributed by atoms with Gasteiger partial charge in [-0.25, -0.2) is 0 Å². The number of rotatable bonds is 12. The van der Waals surface area contributed by atoms with Crippen LogP contribution in [0.1, 0.15) is 24.0 Å². The van der Waals surface area contributed by atoms with Gasteiger partial charge >= 0.3 is 5.69 Å². The number of nitrogens with one attached hydrogen (secondary N) is 1. The Kier molecular flexibility index (Phi) is 9.14. The topological polar surface area (TPSA) is 128 Å². The van der Waals surface area contributed by atoms with Crippen LogP contribution < -0.4 is 5.43 Å². The molecule has 9 heteroatoms. The van der Waals surface area contributed by atoms with Crippen molar-refractivity contribution in [2.24, 2.45) is 5.10 Å². The average molecular weight is 446 g/mol. The molecule has 0 aliphatic heterocycles. The fourth-order valence-corrected chi connectivity index (χ4v) is 2.80. The molecule has 0 saturated heterocycles. The Morgan fingerprint density at radius 1 is 0.909 bits per heavy atom. The van der Waals surface area contributed by atoms with Gasteiger partial charge in [0.05, 0.1) is 22.1 Å². The molecule has 0 aromatic heterocycles. The molecular weight excluding hydrogens is 424 g/mol. The first-order valence-electron chi connectivity index (χ1n) is 9.78. The summed E-state index contributed by atoms with van der Waals surface area (Å²) >= 11 is 0. The monoisotopic (exact) mass is 446 g/mol. The van der Waals surface area contributed by atoms with Gasteiger partial charge in [-0.3, -0.25) is 30.4 Å². The smallest absolute Gasteiger partial charge is 0.298 e. The average Bonchev–Trinajstić information content (AvgIpc) is 2.80. The van der Waals surface area contributed by atoms with Crippen molar-refractivity contribution in [3.63, 3.8) is 0 Å². The van der Waals surface area contributed by atoms with E-state index in [1.165, 1.54) is 12.3 Å². The molecule has 33 heavy (non-hydrogen) atoms. The van der Waals surface area contributed by atoms with Crippen LogP contribution in [-0.4, -0.2) is 22.3 Å². The zero-order valence-corrected chi connectivity index (χ0v) is 17.7. The van der Waals surface area contributed by atoms with Crippen molar-refractivity contribution in [1.82, 2.24) is 0 Å². The summed E-state index contributed by atoms with van der Waals surface area (Å²) in [7, 11) is 0. The quantitative estimate of drug-likeness (QED) is 0.111. The highest BCUT2D eigenvalue weighted by molar-refractivity contribution is 5.87. The van der Waals surface area contributed by atoms with Crippen LogP contribution in [0.5, 0.6) is 0 Å². The largest absolute Gasteiger partial charge is 0.301 e. The highest BCUT2D eigenvalue weighted by Gasteiger charge is 2.19. The molecule has 2 aromatic carbocycles. The van der Waals surface area contributed by atoms with Crippen molar-refractivity contribution in [2.75, 3.05) is 5.43 Å². The van der Waals surface area contributed by atoms with Crippen molar-refractivity contribution in [3.8, 4) is 0 Å². The normalized spacial score (nSPS) is 11.8. The Balaban J connectivity index is 2.21. The van der Waals surface area contributed by atoms with Gasteiger partial charge in [0, 0.05) is 6.07 Å². The van der Waals surface area contributed by atoms with E-state index in [2.05, 4.69) is 23.7 Å². The molecular formula is C24H22N4O5. The first-order valence-corrected chi connectivity index (χ1v) is 9.78. The molecule has 2 aromatic rings. The van der Waals surface area contributed by atoms with Gasteiger partial charge in [-0.15, -0.1) is 13.2 Å². The number of carbonyl (C=O) groups is 1. The first kappa shape index (κ1) is 24.6. The maximum atomic E-state index is 11.2. The molecule has 9 nitrogen and oxygen atoms in total. The second kappa shape index (κ2) is 12.3. The number of anilines is 1. The van der Waals surface area contributed by atoms with E-state index in [9.17, 15) is 25.0 Å². The van der Waals surface area contributed by atoms with E-state index < -0.39 is 15.5 Å². The van der Waals surface area contributed by atoms with Crippen LogP contribution in [0.25, 0.3) is 12.2 Å². The predicted molar refractivity (Wildman–Crippen MR) is 130 cm³/mol. The fraction of sp³-hybridized carbons (Fsp3) is 0.0833. The zero-order valence-electron chi connectivity index (χ0n) is 17.7. The van der Waals surface area contributed by atoms with Crippen LogP contribution in [0.3, 0.4) is 0 Å². The Hall–Kier alpha value is -4.66. The third kappa shape index (κ3) is 7.51. The number of nitro benzene ring substituents is 2. The summed E-state index contributed by atoms with van der Waals surface area (Å²) in [5, 5.41) is 26.1. The number of nitrogens with zero attached hydrogens (tertiary/aromatic N) is 3. The van der Waals surface area contributed by atoms with Gasteiger partial charge in [-0.2, -0.15) is 5.10 Å². The number of carbonyl (C=O) groups excluding carboxylic acids is 1. The van der Waals surface area contributed by atoms with Crippen molar-refractivity contribution in [3.05, 3.63) is 110 Å². The van der Waals surface area contributed by atoms with Crippen LogP contribution in [0.2, 0.25) is 0 Å². The number of non-ortho nitro benzene ring substituents is 1. The Morgan fingerprint density at radius 3 is 2.00 bits per heavy atom. The van der Waals surface area contributed by atoms with E-state index in [0.717, 1.165) is 35.1 Å². The third-order valence-electron chi connectivity index (χ3n) is 4.36. The standard InChI is InChI=1S/C24H22N4O5/c1-3-5-20(13-18-7-9-19(10-8-18)14-21(17-29)6-4-2)16-25-26-23-12-11-22(27(30)31)15-24(23)28(32)33/h3-4,7-17,26H,1-2,5-6H2. The van der Waals surface area contributed by atoms with Crippen LogP contribution in [0.15, 0.2) is 84.0 Å². The molecule has 168 valence electrons. The van der Waals surface area contributed by atoms with Gasteiger partial charge < -0.3 is 0 Å². The zero-order chi connectivity index (χ0) is 24.2. The maximum absolute atomic E-state index is 11.2. The van der Waals surface area contributed by atoms with Gasteiger partial charge in [-0.1, -0.05) is 36.4 Å². The van der Waals surface area contributed by atoms with E-state index in [1.807, 2.05) is 30.3 Å². The molecule has 0 unspecified atom stereocenters. The minimum Gasteiger partial charge on any atom is -0.298 e. The number of benzene rings is 2. The Bertz CT molecular complexity index is 1150. The summed E-state index contributed by atoms with van der Waals surface area (Å²) < 4.78 is 0. The summed E-state index contributed by atoms with van der Waals surface area (Å²) in [5.41, 5.74) is 4.91.